The highest BCUT2D eigenvalue weighted by Crippen LogP contribution is 2.46. The Balaban J connectivity index is 1.31. The molecule has 3 aliphatic rings. The second-order valence-electron chi connectivity index (χ2n) is 11.3. The van der Waals surface area contributed by atoms with E-state index in [1.807, 2.05) is 26.1 Å². The largest absolute Gasteiger partial charge is 0.373 e. The molecule has 8 nitrogen and oxygen atoms in total. The monoisotopic (exact) mass is 502 g/mol. The number of anilines is 5. The molecule has 2 aliphatic heterocycles. The van der Waals surface area contributed by atoms with Gasteiger partial charge in [-0.25, -0.2) is 14.4 Å². The van der Waals surface area contributed by atoms with Crippen molar-refractivity contribution in [2.24, 2.45) is 11.8 Å². The number of nitrogens with zero attached hydrogens (tertiary/aromatic N) is 6. The van der Waals surface area contributed by atoms with Crippen LogP contribution < -0.4 is 20.4 Å². The van der Waals surface area contributed by atoms with Gasteiger partial charge in [-0.3, -0.25) is 0 Å². The Morgan fingerprint density at radius 3 is 2.43 bits per heavy atom. The second-order valence-corrected chi connectivity index (χ2v) is 11.3. The minimum absolute atomic E-state index is 0.0806. The first-order chi connectivity index (χ1) is 17.8. The van der Waals surface area contributed by atoms with Crippen molar-refractivity contribution in [3.8, 4) is 0 Å². The third-order valence-electron chi connectivity index (χ3n) is 8.40. The average Bonchev–Trinajstić information content (AvgIpc) is 3.10. The smallest absolute Gasteiger partial charge is 0.226 e. The summed E-state index contributed by atoms with van der Waals surface area (Å²) in [5.41, 5.74) is 2.96. The quantitative estimate of drug-likeness (QED) is 0.510. The fourth-order valence-electron chi connectivity index (χ4n) is 6.42. The van der Waals surface area contributed by atoms with Gasteiger partial charge < -0.3 is 20.4 Å². The number of rotatable bonds is 5. The molecular formula is C28H35FN8. The Hall–Kier alpha value is -3.49. The average molecular weight is 503 g/mol. The van der Waals surface area contributed by atoms with Crippen molar-refractivity contribution in [1.82, 2.24) is 19.9 Å². The molecular weight excluding hydrogens is 467 g/mol. The molecule has 1 saturated carbocycles. The first-order valence-corrected chi connectivity index (χ1v) is 13.3. The Morgan fingerprint density at radius 1 is 1.03 bits per heavy atom. The maximum atomic E-state index is 13.7. The topological polar surface area (TPSA) is 82.1 Å². The summed E-state index contributed by atoms with van der Waals surface area (Å²) in [6.45, 7) is 9.24. The van der Waals surface area contributed by atoms with E-state index in [1.165, 1.54) is 25.0 Å². The van der Waals surface area contributed by atoms with E-state index in [-0.39, 0.29) is 11.2 Å². The van der Waals surface area contributed by atoms with Crippen molar-refractivity contribution in [2.75, 3.05) is 47.1 Å². The number of benzene rings is 1. The number of fused-ring (bicyclic) bond motifs is 3. The van der Waals surface area contributed by atoms with E-state index >= 15 is 0 Å². The SMILES string of the molecule is CNc1nc(NC2[C@@H]3CC[C@H]2CN(c2cc(C)ncn2)C3)nc2c1C(C)(C)CCN2c1ccc(F)cc1. The van der Waals surface area contributed by atoms with Gasteiger partial charge in [-0.2, -0.15) is 9.97 Å². The molecule has 0 amide bonds. The number of hydrogen-bond donors (Lipinski definition) is 2. The van der Waals surface area contributed by atoms with Crippen LogP contribution in [0.25, 0.3) is 0 Å². The maximum Gasteiger partial charge on any atom is 0.226 e. The molecule has 2 aromatic heterocycles. The van der Waals surface area contributed by atoms with Crippen LogP contribution in [-0.4, -0.2) is 52.7 Å². The van der Waals surface area contributed by atoms with Gasteiger partial charge in [-0.1, -0.05) is 13.8 Å². The highest BCUT2D eigenvalue weighted by Gasteiger charge is 2.43. The van der Waals surface area contributed by atoms with Crippen LogP contribution in [0.1, 0.15) is 44.4 Å². The summed E-state index contributed by atoms with van der Waals surface area (Å²) >= 11 is 0. The zero-order valence-corrected chi connectivity index (χ0v) is 22.0. The second kappa shape index (κ2) is 9.11. The molecule has 0 radical (unpaired) electrons. The van der Waals surface area contributed by atoms with Crippen LogP contribution in [0, 0.1) is 24.6 Å². The Kier molecular flexibility index (Phi) is 5.88. The molecule has 1 aliphatic carbocycles. The van der Waals surface area contributed by atoms with Gasteiger partial charge in [0.05, 0.1) is 0 Å². The summed E-state index contributed by atoms with van der Waals surface area (Å²) in [6, 6.07) is 9.08. The zero-order chi connectivity index (χ0) is 25.7. The van der Waals surface area contributed by atoms with Gasteiger partial charge in [0.2, 0.25) is 5.95 Å². The lowest BCUT2D eigenvalue weighted by Gasteiger charge is -2.41. The van der Waals surface area contributed by atoms with Crippen molar-refractivity contribution in [1.29, 1.82) is 0 Å². The zero-order valence-electron chi connectivity index (χ0n) is 22.0. The molecule has 37 heavy (non-hydrogen) atoms. The maximum absolute atomic E-state index is 13.7. The Morgan fingerprint density at radius 2 is 1.76 bits per heavy atom. The number of nitrogens with one attached hydrogen (secondary N) is 2. The molecule has 2 bridgehead atoms. The summed E-state index contributed by atoms with van der Waals surface area (Å²) in [5.74, 6) is 4.18. The summed E-state index contributed by atoms with van der Waals surface area (Å²) in [6.07, 6.45) is 4.97. The summed E-state index contributed by atoms with van der Waals surface area (Å²) in [4.78, 5) is 23.5. The lowest BCUT2D eigenvalue weighted by molar-refractivity contribution is 0.374. The number of aryl methyl sites for hydroxylation is 1. The van der Waals surface area contributed by atoms with Crippen molar-refractivity contribution >= 4 is 29.1 Å². The minimum Gasteiger partial charge on any atom is -0.373 e. The lowest BCUT2D eigenvalue weighted by Crippen LogP contribution is -2.48. The molecule has 2 fully saturated rings. The first kappa shape index (κ1) is 23.9. The third-order valence-corrected chi connectivity index (χ3v) is 8.40. The Bertz CT molecular complexity index is 1280. The van der Waals surface area contributed by atoms with E-state index in [9.17, 15) is 4.39 Å². The van der Waals surface area contributed by atoms with Gasteiger partial charge in [0.1, 0.15) is 29.6 Å². The summed E-state index contributed by atoms with van der Waals surface area (Å²) in [7, 11) is 1.92. The third kappa shape index (κ3) is 4.34. The molecule has 9 heteroatoms. The van der Waals surface area contributed by atoms with Crippen LogP contribution in [0.3, 0.4) is 0 Å². The first-order valence-electron chi connectivity index (χ1n) is 13.3. The van der Waals surface area contributed by atoms with E-state index in [0.717, 1.165) is 60.5 Å². The van der Waals surface area contributed by atoms with Crippen LogP contribution in [-0.2, 0) is 5.41 Å². The predicted molar refractivity (Wildman–Crippen MR) is 145 cm³/mol. The van der Waals surface area contributed by atoms with Crippen molar-refractivity contribution in [3.63, 3.8) is 0 Å². The summed E-state index contributed by atoms with van der Waals surface area (Å²) in [5, 5.41) is 7.09. The van der Waals surface area contributed by atoms with Gasteiger partial charge in [0.15, 0.2) is 0 Å². The summed E-state index contributed by atoms with van der Waals surface area (Å²) < 4.78 is 13.7. The van der Waals surface area contributed by atoms with Gasteiger partial charge in [0.25, 0.3) is 0 Å². The van der Waals surface area contributed by atoms with Gasteiger partial charge >= 0.3 is 0 Å². The van der Waals surface area contributed by atoms with E-state index in [4.69, 9.17) is 9.97 Å². The fraction of sp³-hybridized carbons (Fsp3) is 0.500. The predicted octanol–water partition coefficient (Wildman–Crippen LogP) is 4.90. The molecule has 1 saturated heterocycles. The normalized spacial score (nSPS) is 24.1. The Labute approximate surface area is 217 Å². The molecule has 6 rings (SSSR count). The van der Waals surface area contributed by atoms with Crippen LogP contribution in [0.5, 0.6) is 0 Å². The molecule has 4 heterocycles. The van der Waals surface area contributed by atoms with Crippen molar-refractivity contribution in [2.45, 2.75) is 51.5 Å². The molecule has 3 aromatic rings. The van der Waals surface area contributed by atoms with Crippen LogP contribution in [0.15, 0.2) is 36.7 Å². The van der Waals surface area contributed by atoms with E-state index in [1.54, 1.807) is 6.33 Å². The number of halogens is 1. The fourth-order valence-corrected chi connectivity index (χ4v) is 6.42. The van der Waals surface area contributed by atoms with E-state index < -0.39 is 0 Å². The molecule has 0 spiro atoms. The molecule has 194 valence electrons. The van der Waals surface area contributed by atoms with E-state index in [0.29, 0.717) is 23.8 Å². The van der Waals surface area contributed by atoms with Crippen LogP contribution in [0.2, 0.25) is 0 Å². The highest BCUT2D eigenvalue weighted by molar-refractivity contribution is 5.73. The van der Waals surface area contributed by atoms with Crippen LogP contribution in [0.4, 0.5) is 33.5 Å². The lowest BCUT2D eigenvalue weighted by atomic mass is 9.79. The van der Waals surface area contributed by atoms with Gasteiger partial charge in [0, 0.05) is 55.7 Å². The number of aromatic nitrogens is 4. The van der Waals surface area contributed by atoms with Gasteiger partial charge in [-0.15, -0.1) is 0 Å². The number of hydrogen-bond acceptors (Lipinski definition) is 8. The van der Waals surface area contributed by atoms with Crippen molar-refractivity contribution < 1.29 is 4.39 Å². The minimum atomic E-state index is -0.235. The van der Waals surface area contributed by atoms with Crippen LogP contribution >= 0.6 is 0 Å². The van der Waals surface area contributed by atoms with Gasteiger partial charge in [-0.05, 0) is 67.7 Å². The standard InChI is InChI=1S/C28H35FN8/c1-17-13-22(32-16-31-17)36-14-18-5-6-19(15-36)24(18)33-27-34-25(30-4)23-26(35-27)37(12-11-28(23,2)3)21-9-7-20(29)8-10-21/h7-10,13,16,18-19,24H,5-6,11-12,14-15H2,1-4H3,(H2,30,33,34,35)/t18-,19+,24?. The number of piperidine rings is 1. The highest BCUT2D eigenvalue weighted by atomic mass is 19.1. The molecule has 1 aromatic carbocycles. The molecule has 2 N–H and O–H groups in total. The molecule has 3 atom stereocenters. The van der Waals surface area contributed by atoms with E-state index in [2.05, 4.69) is 50.3 Å². The van der Waals surface area contributed by atoms with Crippen molar-refractivity contribution in [3.05, 3.63) is 53.7 Å². The molecule has 1 unspecified atom stereocenters.